The quantitative estimate of drug-likeness (QED) is 0.733. The molecule has 0 saturated carbocycles. The Balaban J connectivity index is 2.85. The van der Waals surface area contributed by atoms with E-state index in [4.69, 9.17) is 5.11 Å². The van der Waals surface area contributed by atoms with Crippen LogP contribution < -0.4 is 0 Å². The third-order valence-electron chi connectivity index (χ3n) is 1.92. The summed E-state index contributed by atoms with van der Waals surface area (Å²) in [5.41, 5.74) is 1.10. The van der Waals surface area contributed by atoms with E-state index in [-0.39, 0.29) is 6.61 Å². The van der Waals surface area contributed by atoms with Crippen LogP contribution in [0.4, 0.5) is 0 Å². The molecule has 3 heteroatoms. The number of aromatic nitrogens is 2. The standard InChI is InChI=1S/C9H16N2O/c1-7(2)8-6-11(3)9(10-8)4-5-12/h6-7,12H,4-5H2,1-3H3. The van der Waals surface area contributed by atoms with Crippen LogP contribution in [0, 0.1) is 0 Å². The van der Waals surface area contributed by atoms with Crippen LogP contribution in [0.3, 0.4) is 0 Å². The van der Waals surface area contributed by atoms with Gasteiger partial charge in [0.25, 0.3) is 0 Å². The molecule has 0 atom stereocenters. The fourth-order valence-corrected chi connectivity index (χ4v) is 1.14. The first-order valence-electron chi connectivity index (χ1n) is 4.28. The lowest BCUT2D eigenvalue weighted by atomic mass is 10.2. The van der Waals surface area contributed by atoms with Crippen molar-refractivity contribution >= 4 is 0 Å². The van der Waals surface area contributed by atoms with Crippen molar-refractivity contribution < 1.29 is 5.11 Å². The summed E-state index contributed by atoms with van der Waals surface area (Å²) >= 11 is 0. The van der Waals surface area contributed by atoms with Gasteiger partial charge in [-0.05, 0) is 5.92 Å². The van der Waals surface area contributed by atoms with E-state index in [2.05, 4.69) is 18.8 Å². The molecule has 0 aliphatic carbocycles. The summed E-state index contributed by atoms with van der Waals surface area (Å²) in [7, 11) is 1.96. The molecule has 1 aromatic rings. The van der Waals surface area contributed by atoms with E-state index in [0.29, 0.717) is 12.3 Å². The molecule has 68 valence electrons. The number of hydrogen-bond donors (Lipinski definition) is 1. The molecule has 0 bridgehead atoms. The van der Waals surface area contributed by atoms with Gasteiger partial charge in [-0.15, -0.1) is 0 Å². The molecule has 0 saturated heterocycles. The Morgan fingerprint density at radius 2 is 2.25 bits per heavy atom. The molecule has 0 amide bonds. The lowest BCUT2D eigenvalue weighted by molar-refractivity contribution is 0.295. The highest BCUT2D eigenvalue weighted by atomic mass is 16.3. The SMILES string of the molecule is CC(C)c1cn(C)c(CCO)n1. The Labute approximate surface area is 73.1 Å². The molecule has 1 N–H and O–H groups in total. The summed E-state index contributed by atoms with van der Waals surface area (Å²) in [5.74, 6) is 1.42. The normalized spacial score (nSPS) is 11.1. The van der Waals surface area contributed by atoms with E-state index in [1.165, 1.54) is 0 Å². The molecule has 0 radical (unpaired) electrons. The monoisotopic (exact) mass is 168 g/mol. The van der Waals surface area contributed by atoms with Crippen LogP contribution in [0.25, 0.3) is 0 Å². The number of imidazole rings is 1. The minimum atomic E-state index is 0.169. The average Bonchev–Trinajstić information content (AvgIpc) is 2.34. The van der Waals surface area contributed by atoms with Crippen molar-refractivity contribution in [2.45, 2.75) is 26.2 Å². The van der Waals surface area contributed by atoms with Crippen LogP contribution in [0.2, 0.25) is 0 Å². The smallest absolute Gasteiger partial charge is 0.111 e. The maximum absolute atomic E-state index is 8.74. The van der Waals surface area contributed by atoms with E-state index in [1.54, 1.807) is 0 Å². The average molecular weight is 168 g/mol. The molecule has 0 aliphatic rings. The summed E-state index contributed by atoms with van der Waals surface area (Å²) in [6.45, 7) is 4.40. The van der Waals surface area contributed by atoms with Crippen LogP contribution in [0.1, 0.15) is 31.3 Å². The summed E-state index contributed by atoms with van der Waals surface area (Å²) < 4.78 is 1.98. The number of aliphatic hydroxyl groups is 1. The van der Waals surface area contributed by atoms with Gasteiger partial charge in [0.05, 0.1) is 12.3 Å². The molecule has 1 heterocycles. The third-order valence-corrected chi connectivity index (χ3v) is 1.92. The van der Waals surface area contributed by atoms with Gasteiger partial charge in [0.2, 0.25) is 0 Å². The largest absolute Gasteiger partial charge is 0.396 e. The van der Waals surface area contributed by atoms with Gasteiger partial charge < -0.3 is 9.67 Å². The Morgan fingerprint density at radius 3 is 2.67 bits per heavy atom. The van der Waals surface area contributed by atoms with Gasteiger partial charge in [-0.25, -0.2) is 4.98 Å². The van der Waals surface area contributed by atoms with Crippen molar-refractivity contribution in [2.75, 3.05) is 6.61 Å². The minimum absolute atomic E-state index is 0.169. The first kappa shape index (κ1) is 9.26. The molecule has 1 rings (SSSR count). The van der Waals surface area contributed by atoms with Gasteiger partial charge in [0.1, 0.15) is 5.82 Å². The minimum Gasteiger partial charge on any atom is -0.396 e. The molecular weight excluding hydrogens is 152 g/mol. The van der Waals surface area contributed by atoms with Crippen molar-refractivity contribution in [1.29, 1.82) is 0 Å². The molecule has 0 spiro atoms. The first-order chi connectivity index (χ1) is 5.65. The Morgan fingerprint density at radius 1 is 1.58 bits per heavy atom. The Hall–Kier alpha value is -0.830. The molecule has 0 unspecified atom stereocenters. The summed E-state index contributed by atoms with van der Waals surface area (Å²) in [6, 6.07) is 0. The fraction of sp³-hybridized carbons (Fsp3) is 0.667. The zero-order chi connectivity index (χ0) is 9.14. The summed E-state index contributed by atoms with van der Waals surface area (Å²) in [5, 5.41) is 8.74. The van der Waals surface area contributed by atoms with Crippen LogP contribution >= 0.6 is 0 Å². The van der Waals surface area contributed by atoms with E-state index in [1.807, 2.05) is 17.8 Å². The van der Waals surface area contributed by atoms with Crippen molar-refractivity contribution in [1.82, 2.24) is 9.55 Å². The summed E-state index contributed by atoms with van der Waals surface area (Å²) in [4.78, 5) is 4.40. The maximum Gasteiger partial charge on any atom is 0.111 e. The van der Waals surface area contributed by atoms with Gasteiger partial charge in [-0.1, -0.05) is 13.8 Å². The molecule has 12 heavy (non-hydrogen) atoms. The molecule has 0 aromatic carbocycles. The van der Waals surface area contributed by atoms with Crippen LogP contribution in [-0.2, 0) is 13.5 Å². The van der Waals surface area contributed by atoms with Gasteiger partial charge >= 0.3 is 0 Å². The fourth-order valence-electron chi connectivity index (χ4n) is 1.14. The zero-order valence-electron chi connectivity index (χ0n) is 7.91. The predicted octanol–water partition coefficient (Wildman–Crippen LogP) is 1.08. The maximum atomic E-state index is 8.74. The second-order valence-corrected chi connectivity index (χ2v) is 3.32. The number of hydrogen-bond acceptors (Lipinski definition) is 2. The van der Waals surface area contributed by atoms with Gasteiger partial charge in [0.15, 0.2) is 0 Å². The molecular formula is C9H16N2O. The molecule has 1 aromatic heterocycles. The Kier molecular flexibility index (Phi) is 2.87. The highest BCUT2D eigenvalue weighted by molar-refractivity contribution is 5.07. The second-order valence-electron chi connectivity index (χ2n) is 3.32. The van der Waals surface area contributed by atoms with Crippen molar-refractivity contribution in [3.05, 3.63) is 17.7 Å². The van der Waals surface area contributed by atoms with Crippen molar-refractivity contribution in [3.63, 3.8) is 0 Å². The van der Waals surface area contributed by atoms with E-state index < -0.39 is 0 Å². The zero-order valence-corrected chi connectivity index (χ0v) is 7.91. The van der Waals surface area contributed by atoms with Gasteiger partial charge in [-0.2, -0.15) is 0 Å². The van der Waals surface area contributed by atoms with Crippen LogP contribution in [0.5, 0.6) is 0 Å². The Bertz CT molecular complexity index is 253. The van der Waals surface area contributed by atoms with Crippen molar-refractivity contribution in [3.8, 4) is 0 Å². The lowest BCUT2D eigenvalue weighted by Gasteiger charge is -1.96. The van der Waals surface area contributed by atoms with Gasteiger partial charge in [-0.3, -0.25) is 0 Å². The molecule has 0 aliphatic heterocycles. The van der Waals surface area contributed by atoms with E-state index >= 15 is 0 Å². The number of rotatable bonds is 3. The molecule has 3 nitrogen and oxygen atoms in total. The molecule has 0 fully saturated rings. The predicted molar refractivity (Wildman–Crippen MR) is 48.1 cm³/mol. The number of aryl methyl sites for hydroxylation is 1. The highest BCUT2D eigenvalue weighted by Gasteiger charge is 2.06. The topological polar surface area (TPSA) is 38.0 Å². The van der Waals surface area contributed by atoms with E-state index in [9.17, 15) is 0 Å². The van der Waals surface area contributed by atoms with Crippen LogP contribution in [-0.4, -0.2) is 21.3 Å². The number of aliphatic hydroxyl groups excluding tert-OH is 1. The van der Waals surface area contributed by atoms with Crippen molar-refractivity contribution in [2.24, 2.45) is 7.05 Å². The van der Waals surface area contributed by atoms with E-state index in [0.717, 1.165) is 11.5 Å². The second kappa shape index (κ2) is 3.72. The highest BCUT2D eigenvalue weighted by Crippen LogP contribution is 2.12. The third kappa shape index (κ3) is 1.85. The van der Waals surface area contributed by atoms with Gasteiger partial charge in [0, 0.05) is 19.7 Å². The first-order valence-corrected chi connectivity index (χ1v) is 4.28. The summed E-state index contributed by atoms with van der Waals surface area (Å²) in [6.07, 6.45) is 2.67. The van der Waals surface area contributed by atoms with Crippen LogP contribution in [0.15, 0.2) is 6.20 Å². The lowest BCUT2D eigenvalue weighted by Crippen LogP contribution is -1.99. The number of nitrogens with zero attached hydrogens (tertiary/aromatic N) is 2.